The van der Waals surface area contributed by atoms with Crippen molar-refractivity contribution >= 4 is 6.08 Å². The Morgan fingerprint density at radius 3 is 3.17 bits per heavy atom. The number of aromatic nitrogens is 1. The summed E-state index contributed by atoms with van der Waals surface area (Å²) in [7, 11) is 1.87. The van der Waals surface area contributed by atoms with Gasteiger partial charge in [-0.05, 0) is 13.1 Å². The van der Waals surface area contributed by atoms with Crippen molar-refractivity contribution in [3.63, 3.8) is 0 Å². The third-order valence-corrected chi connectivity index (χ3v) is 1.41. The van der Waals surface area contributed by atoms with Gasteiger partial charge in [-0.3, -0.25) is 4.79 Å². The van der Waals surface area contributed by atoms with Gasteiger partial charge in [-0.15, -0.1) is 0 Å². The number of hydrogen-bond donors (Lipinski definition) is 2. The summed E-state index contributed by atoms with van der Waals surface area (Å²) in [4.78, 5) is 13.8. The molecule has 0 aliphatic heterocycles. The van der Waals surface area contributed by atoms with Crippen LogP contribution in [0.5, 0.6) is 0 Å². The Balaban J connectivity index is 2.69. The molecule has 0 aliphatic carbocycles. The summed E-state index contributed by atoms with van der Waals surface area (Å²) in [5.74, 6) is 0. The number of hydrogen-bond acceptors (Lipinski definition) is 2. The van der Waals surface area contributed by atoms with Crippen molar-refractivity contribution in [1.29, 1.82) is 0 Å². The van der Waals surface area contributed by atoms with Gasteiger partial charge in [-0.2, -0.15) is 0 Å². The summed E-state index contributed by atoms with van der Waals surface area (Å²) in [6.07, 6.45) is 5.46. The number of aromatic amines is 1. The lowest BCUT2D eigenvalue weighted by Crippen LogP contribution is -2.04. The summed E-state index contributed by atoms with van der Waals surface area (Å²) < 4.78 is 0. The lowest BCUT2D eigenvalue weighted by Gasteiger charge is -1.91. The van der Waals surface area contributed by atoms with Crippen LogP contribution in [0.4, 0.5) is 0 Å². The number of rotatable bonds is 3. The molecule has 1 aromatic heterocycles. The fourth-order valence-electron chi connectivity index (χ4n) is 0.863. The minimum Gasteiger partial charge on any atom is -0.361 e. The van der Waals surface area contributed by atoms with E-state index in [-0.39, 0.29) is 5.43 Å². The van der Waals surface area contributed by atoms with Gasteiger partial charge in [0.2, 0.25) is 0 Å². The number of nitrogens with one attached hydrogen (secondary N) is 2. The minimum atomic E-state index is 0.0258. The van der Waals surface area contributed by atoms with Gasteiger partial charge in [0, 0.05) is 30.6 Å². The number of H-pyrrole nitrogens is 1. The zero-order valence-corrected chi connectivity index (χ0v) is 7.00. The normalized spacial score (nSPS) is 10.8. The van der Waals surface area contributed by atoms with Crippen LogP contribution in [0.3, 0.4) is 0 Å². The van der Waals surface area contributed by atoms with E-state index in [1.54, 1.807) is 12.3 Å². The Kier molecular flexibility index (Phi) is 3.29. The smallest absolute Gasteiger partial charge is 0.182 e. The lowest BCUT2D eigenvalue weighted by atomic mass is 10.3. The van der Waals surface area contributed by atoms with E-state index in [4.69, 9.17) is 0 Å². The summed E-state index contributed by atoms with van der Waals surface area (Å²) in [6, 6.07) is 3.06. The molecule has 2 N–H and O–H groups in total. The monoisotopic (exact) mass is 164 g/mol. The molecule has 0 saturated carbocycles. The fraction of sp³-hybridized carbons (Fsp3) is 0.222. The maximum absolute atomic E-state index is 10.9. The van der Waals surface area contributed by atoms with E-state index < -0.39 is 0 Å². The van der Waals surface area contributed by atoms with Crippen LogP contribution in [0.25, 0.3) is 6.08 Å². The molecule has 0 saturated heterocycles. The SMILES string of the molecule is CNCC=Cc1cc(=O)cc[nH]1. The summed E-state index contributed by atoms with van der Waals surface area (Å²) in [5.41, 5.74) is 0.857. The Labute approximate surface area is 71.1 Å². The molecule has 0 spiro atoms. The molecule has 3 heteroatoms. The van der Waals surface area contributed by atoms with E-state index in [0.717, 1.165) is 12.2 Å². The van der Waals surface area contributed by atoms with Crippen molar-refractivity contribution in [2.75, 3.05) is 13.6 Å². The first-order valence-corrected chi connectivity index (χ1v) is 3.83. The van der Waals surface area contributed by atoms with Crippen molar-refractivity contribution in [1.82, 2.24) is 10.3 Å². The molecule has 0 aliphatic rings. The summed E-state index contributed by atoms with van der Waals surface area (Å²) >= 11 is 0. The molecule has 0 unspecified atom stereocenters. The zero-order valence-electron chi connectivity index (χ0n) is 7.00. The molecule has 0 bridgehead atoms. The van der Waals surface area contributed by atoms with Crippen molar-refractivity contribution in [3.8, 4) is 0 Å². The fourth-order valence-corrected chi connectivity index (χ4v) is 0.863. The molecule has 0 radical (unpaired) electrons. The largest absolute Gasteiger partial charge is 0.361 e. The summed E-state index contributed by atoms with van der Waals surface area (Å²) in [6.45, 7) is 0.803. The van der Waals surface area contributed by atoms with E-state index >= 15 is 0 Å². The third kappa shape index (κ3) is 2.72. The van der Waals surface area contributed by atoms with Crippen LogP contribution in [0.2, 0.25) is 0 Å². The van der Waals surface area contributed by atoms with Gasteiger partial charge in [0.05, 0.1) is 0 Å². The van der Waals surface area contributed by atoms with Gasteiger partial charge in [0.1, 0.15) is 0 Å². The number of pyridine rings is 1. The topological polar surface area (TPSA) is 44.9 Å². The first-order chi connectivity index (χ1) is 5.83. The first kappa shape index (κ1) is 8.74. The summed E-state index contributed by atoms with van der Waals surface area (Å²) in [5, 5.41) is 2.97. The van der Waals surface area contributed by atoms with E-state index in [1.807, 2.05) is 19.2 Å². The Morgan fingerprint density at radius 1 is 1.67 bits per heavy atom. The molecule has 1 heterocycles. The molecule has 12 heavy (non-hydrogen) atoms. The molecule has 0 amide bonds. The Bertz CT molecular complexity index is 314. The first-order valence-electron chi connectivity index (χ1n) is 3.83. The highest BCUT2D eigenvalue weighted by molar-refractivity contribution is 5.43. The molecule has 1 rings (SSSR count). The average Bonchev–Trinajstić information content (AvgIpc) is 2.05. The van der Waals surface area contributed by atoms with E-state index in [9.17, 15) is 4.79 Å². The van der Waals surface area contributed by atoms with E-state index in [0.29, 0.717) is 0 Å². The molecule has 3 nitrogen and oxygen atoms in total. The maximum Gasteiger partial charge on any atom is 0.182 e. The van der Waals surface area contributed by atoms with Crippen LogP contribution in [0, 0.1) is 0 Å². The van der Waals surface area contributed by atoms with Crippen LogP contribution in [-0.2, 0) is 0 Å². The van der Waals surface area contributed by atoms with Crippen LogP contribution in [0.1, 0.15) is 5.69 Å². The highest BCUT2D eigenvalue weighted by Gasteiger charge is 1.85. The van der Waals surface area contributed by atoms with Crippen molar-refractivity contribution < 1.29 is 0 Å². The lowest BCUT2D eigenvalue weighted by molar-refractivity contribution is 0.922. The molecular weight excluding hydrogens is 152 g/mol. The van der Waals surface area contributed by atoms with E-state index in [1.165, 1.54) is 6.07 Å². The quantitative estimate of drug-likeness (QED) is 0.687. The highest BCUT2D eigenvalue weighted by Crippen LogP contribution is 1.91. The van der Waals surface area contributed by atoms with Crippen LogP contribution in [-0.4, -0.2) is 18.6 Å². The predicted molar refractivity (Wildman–Crippen MR) is 50.0 cm³/mol. The highest BCUT2D eigenvalue weighted by atomic mass is 16.1. The van der Waals surface area contributed by atoms with Crippen molar-refractivity contribution in [2.45, 2.75) is 0 Å². The van der Waals surface area contributed by atoms with Gasteiger partial charge in [0.15, 0.2) is 5.43 Å². The van der Waals surface area contributed by atoms with Crippen LogP contribution in [0.15, 0.2) is 29.2 Å². The average molecular weight is 164 g/mol. The Hall–Kier alpha value is -1.35. The molecule has 1 aromatic rings. The molecule has 0 fully saturated rings. The molecule has 0 aromatic carbocycles. The third-order valence-electron chi connectivity index (χ3n) is 1.41. The molecule has 0 atom stereocenters. The van der Waals surface area contributed by atoms with E-state index in [2.05, 4.69) is 10.3 Å². The molecular formula is C9H12N2O. The van der Waals surface area contributed by atoms with Gasteiger partial charge < -0.3 is 10.3 Å². The van der Waals surface area contributed by atoms with Gasteiger partial charge >= 0.3 is 0 Å². The number of likely N-dealkylation sites (N-methyl/N-ethyl adjacent to an activating group) is 1. The van der Waals surface area contributed by atoms with Crippen LogP contribution >= 0.6 is 0 Å². The minimum absolute atomic E-state index is 0.0258. The van der Waals surface area contributed by atoms with Gasteiger partial charge in [0.25, 0.3) is 0 Å². The second-order valence-electron chi connectivity index (χ2n) is 2.44. The Morgan fingerprint density at radius 2 is 2.50 bits per heavy atom. The standard InChI is InChI=1S/C9H12N2O/c1-10-5-2-3-8-7-9(12)4-6-11-8/h2-4,6-7,10H,5H2,1H3,(H,11,12). The van der Waals surface area contributed by atoms with Gasteiger partial charge in [-0.1, -0.05) is 6.08 Å². The molecule has 64 valence electrons. The van der Waals surface area contributed by atoms with Gasteiger partial charge in [-0.25, -0.2) is 0 Å². The van der Waals surface area contributed by atoms with Crippen molar-refractivity contribution in [2.24, 2.45) is 0 Å². The predicted octanol–water partition coefficient (Wildman–Crippen LogP) is 0.608. The van der Waals surface area contributed by atoms with Crippen LogP contribution < -0.4 is 10.7 Å². The second kappa shape index (κ2) is 4.51. The zero-order chi connectivity index (χ0) is 8.81. The van der Waals surface area contributed by atoms with Crippen molar-refractivity contribution in [3.05, 3.63) is 40.3 Å². The maximum atomic E-state index is 10.9. The second-order valence-corrected chi connectivity index (χ2v) is 2.44.